The van der Waals surface area contributed by atoms with E-state index in [1.807, 2.05) is 4.90 Å². The number of alkyl halides is 6. The number of piperidine rings is 1. The molecule has 1 N–H and O–H groups in total. The average Bonchev–Trinajstić information content (AvgIpc) is 2.78. The van der Waals surface area contributed by atoms with Crippen molar-refractivity contribution in [3.05, 3.63) is 35.4 Å². The first-order chi connectivity index (χ1) is 16.4. The summed E-state index contributed by atoms with van der Waals surface area (Å²) in [6.45, 7) is 0.441. The summed E-state index contributed by atoms with van der Waals surface area (Å²) in [4.78, 5) is 13.3. The van der Waals surface area contributed by atoms with E-state index in [1.165, 1.54) is 18.6 Å². The number of rotatable bonds is 9. The van der Waals surface area contributed by atoms with Crippen LogP contribution in [0.4, 0.5) is 26.3 Å². The highest BCUT2D eigenvalue weighted by Crippen LogP contribution is 2.41. The molecule has 35 heavy (non-hydrogen) atoms. The second kappa shape index (κ2) is 12.0. The molecule has 3 atom stereocenters. The summed E-state index contributed by atoms with van der Waals surface area (Å²) < 4.78 is 78.7. The first-order valence-electron chi connectivity index (χ1n) is 12.6. The molecule has 3 rings (SSSR count). The summed E-state index contributed by atoms with van der Waals surface area (Å²) in [5, 5.41) is 9.26. The van der Waals surface area contributed by atoms with Crippen LogP contribution in [-0.2, 0) is 11.0 Å². The molecule has 3 nitrogen and oxygen atoms in total. The number of hydrogen-bond donors (Lipinski definition) is 1. The minimum absolute atomic E-state index is 0.0553. The van der Waals surface area contributed by atoms with E-state index in [4.69, 9.17) is 0 Å². The molecule has 1 heterocycles. The number of carboxylic acids is 1. The number of aliphatic carboxylic acids is 1. The average molecular weight is 508 g/mol. The zero-order valence-electron chi connectivity index (χ0n) is 19.9. The van der Waals surface area contributed by atoms with Crippen LogP contribution in [0.15, 0.2) is 24.3 Å². The molecule has 1 aromatic rings. The van der Waals surface area contributed by atoms with Crippen LogP contribution in [0.1, 0.15) is 94.2 Å². The number of likely N-dealkylation sites (tertiary alicyclic amines) is 1. The fourth-order valence-electron chi connectivity index (χ4n) is 5.86. The highest BCUT2D eigenvalue weighted by atomic mass is 19.4. The zero-order chi connectivity index (χ0) is 25.6. The molecule has 0 amide bonds. The van der Waals surface area contributed by atoms with Crippen LogP contribution in [0.3, 0.4) is 0 Å². The lowest BCUT2D eigenvalue weighted by Gasteiger charge is -2.45. The van der Waals surface area contributed by atoms with Gasteiger partial charge in [0.2, 0.25) is 0 Å². The van der Waals surface area contributed by atoms with E-state index >= 15 is 0 Å². The Morgan fingerprint density at radius 1 is 0.943 bits per heavy atom. The number of halogens is 6. The minimum atomic E-state index is -4.48. The topological polar surface area (TPSA) is 40.5 Å². The molecular weight excluding hydrogens is 472 g/mol. The smallest absolute Gasteiger partial charge is 0.416 e. The highest BCUT2D eigenvalue weighted by molar-refractivity contribution is 5.67. The molecule has 1 aliphatic heterocycles. The first kappa shape index (κ1) is 27.8. The van der Waals surface area contributed by atoms with Crippen LogP contribution in [0.25, 0.3) is 0 Å². The summed E-state index contributed by atoms with van der Waals surface area (Å²) in [5.41, 5.74) is -0.181. The molecule has 1 aromatic carbocycles. The van der Waals surface area contributed by atoms with Gasteiger partial charge in [0, 0.05) is 24.9 Å². The van der Waals surface area contributed by atoms with Crippen molar-refractivity contribution in [2.24, 2.45) is 11.8 Å². The van der Waals surface area contributed by atoms with Gasteiger partial charge in [-0.05, 0) is 68.2 Å². The van der Waals surface area contributed by atoms with Crippen LogP contribution in [-0.4, -0.2) is 34.7 Å². The molecule has 3 unspecified atom stereocenters. The Labute approximate surface area is 202 Å². The predicted molar refractivity (Wildman–Crippen MR) is 121 cm³/mol. The Bertz CT molecular complexity index is 802. The Kier molecular flexibility index (Phi) is 9.52. The third kappa shape index (κ3) is 8.69. The SMILES string of the molecule is O=C(O)CC1CCN(C(CCC2CCCCC2)CCC(F)(F)F)C(c2ccc(C(F)(F)F)cc2)C1. The van der Waals surface area contributed by atoms with E-state index in [0.29, 0.717) is 37.3 Å². The van der Waals surface area contributed by atoms with Crippen LogP contribution in [0, 0.1) is 11.8 Å². The summed E-state index contributed by atoms with van der Waals surface area (Å²) in [6, 6.07) is 4.04. The van der Waals surface area contributed by atoms with Gasteiger partial charge in [0.05, 0.1) is 5.56 Å². The molecular formula is C26H35F6NO2. The van der Waals surface area contributed by atoms with Gasteiger partial charge in [-0.25, -0.2) is 0 Å². The minimum Gasteiger partial charge on any atom is -0.481 e. The van der Waals surface area contributed by atoms with Crippen molar-refractivity contribution in [2.45, 2.75) is 101 Å². The number of benzene rings is 1. The largest absolute Gasteiger partial charge is 0.481 e. The fourth-order valence-corrected chi connectivity index (χ4v) is 5.86. The van der Waals surface area contributed by atoms with Gasteiger partial charge in [-0.2, -0.15) is 26.3 Å². The second-order valence-electron chi connectivity index (χ2n) is 10.3. The normalized spacial score (nSPS) is 23.8. The van der Waals surface area contributed by atoms with Gasteiger partial charge in [-0.15, -0.1) is 0 Å². The summed E-state index contributed by atoms with van der Waals surface area (Å²) in [5.74, 6) is -0.607. The van der Waals surface area contributed by atoms with Crippen LogP contribution in [0.2, 0.25) is 0 Å². The van der Waals surface area contributed by atoms with Crippen molar-refractivity contribution in [2.75, 3.05) is 6.54 Å². The summed E-state index contributed by atoms with van der Waals surface area (Å²) in [7, 11) is 0. The van der Waals surface area contributed by atoms with Crippen molar-refractivity contribution < 1.29 is 36.2 Å². The van der Waals surface area contributed by atoms with Gasteiger partial charge in [-0.3, -0.25) is 9.69 Å². The summed E-state index contributed by atoms with van der Waals surface area (Å²) >= 11 is 0. The van der Waals surface area contributed by atoms with Crippen LogP contribution in [0.5, 0.6) is 0 Å². The quantitative estimate of drug-likeness (QED) is 0.344. The Balaban J connectivity index is 1.83. The molecule has 1 saturated carbocycles. The molecule has 0 radical (unpaired) electrons. The van der Waals surface area contributed by atoms with Gasteiger partial charge in [0.15, 0.2) is 0 Å². The number of carboxylic acid groups (broad SMARTS) is 1. The number of carbonyl (C=O) groups is 1. The molecule has 0 spiro atoms. The lowest BCUT2D eigenvalue weighted by molar-refractivity contribution is -0.141. The molecule has 198 valence electrons. The maximum Gasteiger partial charge on any atom is 0.416 e. The van der Waals surface area contributed by atoms with E-state index in [2.05, 4.69) is 0 Å². The van der Waals surface area contributed by atoms with Gasteiger partial charge in [-0.1, -0.05) is 44.2 Å². The third-order valence-corrected chi connectivity index (χ3v) is 7.70. The maximum absolute atomic E-state index is 13.2. The highest BCUT2D eigenvalue weighted by Gasteiger charge is 2.38. The molecule has 2 fully saturated rings. The molecule has 2 aliphatic rings. The molecule has 1 aliphatic carbocycles. The third-order valence-electron chi connectivity index (χ3n) is 7.70. The lowest BCUT2D eigenvalue weighted by atomic mass is 9.81. The van der Waals surface area contributed by atoms with Crippen molar-refractivity contribution in [3.63, 3.8) is 0 Å². The Morgan fingerprint density at radius 2 is 1.60 bits per heavy atom. The van der Waals surface area contributed by atoms with Gasteiger partial charge in [0.1, 0.15) is 0 Å². The second-order valence-corrected chi connectivity index (χ2v) is 10.3. The molecule has 9 heteroatoms. The molecule has 1 saturated heterocycles. The Morgan fingerprint density at radius 3 is 2.17 bits per heavy atom. The molecule has 0 aromatic heterocycles. The summed E-state index contributed by atoms with van der Waals surface area (Å²) in [6.07, 6.45) is -1.70. The van der Waals surface area contributed by atoms with Gasteiger partial charge in [0.25, 0.3) is 0 Å². The van der Waals surface area contributed by atoms with Crippen molar-refractivity contribution in [1.82, 2.24) is 4.90 Å². The number of hydrogen-bond acceptors (Lipinski definition) is 2. The van der Waals surface area contributed by atoms with E-state index in [-0.39, 0.29) is 24.8 Å². The Hall–Kier alpha value is -1.77. The van der Waals surface area contributed by atoms with E-state index < -0.39 is 36.3 Å². The van der Waals surface area contributed by atoms with Crippen LogP contribution < -0.4 is 0 Å². The first-order valence-corrected chi connectivity index (χ1v) is 12.6. The standard InChI is InChI=1S/C26H35F6NO2/c27-25(28,29)14-12-22(11-6-18-4-2-1-3-5-18)33-15-13-19(17-24(34)35)16-23(33)20-7-9-21(10-8-20)26(30,31)32/h7-10,18-19,22-23H,1-6,11-17H2,(H,34,35). The van der Waals surface area contributed by atoms with E-state index in [9.17, 15) is 36.2 Å². The van der Waals surface area contributed by atoms with Crippen molar-refractivity contribution >= 4 is 5.97 Å². The monoisotopic (exact) mass is 507 g/mol. The number of nitrogens with zero attached hydrogens (tertiary/aromatic N) is 1. The van der Waals surface area contributed by atoms with Crippen molar-refractivity contribution in [1.29, 1.82) is 0 Å². The molecule has 0 bridgehead atoms. The van der Waals surface area contributed by atoms with Crippen LogP contribution >= 0.6 is 0 Å². The van der Waals surface area contributed by atoms with E-state index in [0.717, 1.165) is 44.2 Å². The predicted octanol–water partition coefficient (Wildman–Crippen LogP) is 8.00. The zero-order valence-corrected chi connectivity index (χ0v) is 19.9. The van der Waals surface area contributed by atoms with Gasteiger partial charge >= 0.3 is 18.3 Å². The van der Waals surface area contributed by atoms with Crippen molar-refractivity contribution in [3.8, 4) is 0 Å². The maximum atomic E-state index is 13.2. The van der Waals surface area contributed by atoms with Gasteiger partial charge < -0.3 is 5.11 Å². The lowest BCUT2D eigenvalue weighted by Crippen LogP contribution is -2.44. The van der Waals surface area contributed by atoms with E-state index in [1.54, 1.807) is 0 Å². The fraction of sp³-hybridized carbons (Fsp3) is 0.731.